The van der Waals surface area contributed by atoms with E-state index in [1.165, 1.54) is 18.3 Å². The van der Waals surface area contributed by atoms with Crippen molar-refractivity contribution in [1.29, 1.82) is 5.26 Å². The van der Waals surface area contributed by atoms with Crippen LogP contribution in [0.2, 0.25) is 0 Å². The highest BCUT2D eigenvalue weighted by Gasteiger charge is 2.21. The Bertz CT molecular complexity index is 1260. The molecule has 0 N–H and O–H groups in total. The molecule has 0 amide bonds. The number of hydrogen-bond acceptors (Lipinski definition) is 6. The van der Waals surface area contributed by atoms with Gasteiger partial charge in [-0.3, -0.25) is 10.1 Å². The predicted molar refractivity (Wildman–Crippen MR) is 115 cm³/mol. The van der Waals surface area contributed by atoms with E-state index in [4.69, 9.17) is 0 Å². The van der Waals surface area contributed by atoms with Crippen molar-refractivity contribution in [2.45, 2.75) is 10.1 Å². The van der Waals surface area contributed by atoms with Crippen LogP contribution in [0.1, 0.15) is 5.56 Å². The topological polar surface area (TPSA) is 92.7 Å². The van der Waals surface area contributed by atoms with Crippen molar-refractivity contribution >= 4 is 17.4 Å². The Labute approximate surface area is 177 Å². The molecule has 0 aliphatic heterocycles. The van der Waals surface area contributed by atoms with Gasteiger partial charge in [-0.1, -0.05) is 60.7 Å². The maximum Gasteiger partial charge on any atom is 0.301 e. The van der Waals surface area contributed by atoms with E-state index in [1.54, 1.807) is 0 Å². The van der Waals surface area contributed by atoms with Gasteiger partial charge in [0.25, 0.3) is 0 Å². The summed E-state index contributed by atoms with van der Waals surface area (Å²) in [6.07, 6.45) is 1.49. The zero-order chi connectivity index (χ0) is 20.9. The highest BCUT2D eigenvalue weighted by molar-refractivity contribution is 7.99. The zero-order valence-corrected chi connectivity index (χ0v) is 16.4. The average molecular weight is 410 g/mol. The maximum atomic E-state index is 11.4. The van der Waals surface area contributed by atoms with Crippen molar-refractivity contribution in [2.24, 2.45) is 0 Å². The molecule has 4 aromatic rings. The molecule has 6 nitrogen and oxygen atoms in total. The molecule has 0 saturated heterocycles. The fraction of sp³-hybridized carbons (Fsp3) is 0. The SMILES string of the molecule is N#Cc1c(-c2ccccc2)cc(-c2ccccc2)nc1Sc1ncccc1[N+](=O)[O-]. The number of pyridine rings is 2. The lowest BCUT2D eigenvalue weighted by Crippen LogP contribution is -1.98. The molecule has 2 heterocycles. The zero-order valence-electron chi connectivity index (χ0n) is 15.6. The molecule has 4 rings (SSSR count). The molecule has 0 aliphatic rings. The van der Waals surface area contributed by atoms with Crippen LogP contribution in [0.15, 0.2) is 95.1 Å². The number of benzene rings is 2. The molecule has 30 heavy (non-hydrogen) atoms. The fourth-order valence-corrected chi connectivity index (χ4v) is 3.94. The van der Waals surface area contributed by atoms with Crippen LogP contribution in [0, 0.1) is 21.4 Å². The highest BCUT2D eigenvalue weighted by atomic mass is 32.2. The normalized spacial score (nSPS) is 10.4. The average Bonchev–Trinajstić information content (AvgIpc) is 2.80. The van der Waals surface area contributed by atoms with Gasteiger partial charge in [-0.05, 0) is 29.5 Å². The van der Waals surface area contributed by atoms with Crippen LogP contribution in [0.4, 0.5) is 5.69 Å². The predicted octanol–water partition coefficient (Wildman–Crippen LogP) is 5.74. The maximum absolute atomic E-state index is 11.4. The molecule has 0 spiro atoms. The van der Waals surface area contributed by atoms with Crippen LogP contribution < -0.4 is 0 Å². The van der Waals surface area contributed by atoms with Crippen molar-refractivity contribution < 1.29 is 4.92 Å². The van der Waals surface area contributed by atoms with Crippen LogP contribution >= 0.6 is 11.8 Å². The summed E-state index contributed by atoms with van der Waals surface area (Å²) in [6.45, 7) is 0. The van der Waals surface area contributed by atoms with Gasteiger partial charge in [-0.2, -0.15) is 5.26 Å². The molecular formula is C23H14N4O2S. The molecule has 144 valence electrons. The number of rotatable bonds is 5. The van der Waals surface area contributed by atoms with Crippen LogP contribution in [0.5, 0.6) is 0 Å². The number of aromatic nitrogens is 2. The van der Waals surface area contributed by atoms with Gasteiger partial charge in [-0.25, -0.2) is 9.97 Å². The van der Waals surface area contributed by atoms with Crippen molar-refractivity contribution in [2.75, 3.05) is 0 Å². The van der Waals surface area contributed by atoms with Gasteiger partial charge < -0.3 is 0 Å². The van der Waals surface area contributed by atoms with E-state index in [1.807, 2.05) is 66.7 Å². The van der Waals surface area contributed by atoms with E-state index in [9.17, 15) is 15.4 Å². The van der Waals surface area contributed by atoms with Gasteiger partial charge in [-0.15, -0.1) is 0 Å². The minimum absolute atomic E-state index is 0.125. The molecule has 2 aromatic carbocycles. The van der Waals surface area contributed by atoms with Crippen molar-refractivity contribution in [3.63, 3.8) is 0 Å². The van der Waals surface area contributed by atoms with Gasteiger partial charge in [0.05, 0.1) is 16.2 Å². The summed E-state index contributed by atoms with van der Waals surface area (Å²) in [6, 6.07) is 26.1. The van der Waals surface area contributed by atoms with Gasteiger partial charge in [0.15, 0.2) is 5.03 Å². The van der Waals surface area contributed by atoms with Crippen molar-refractivity contribution in [3.05, 3.63) is 101 Å². The first kappa shape index (κ1) is 19.3. The second kappa shape index (κ2) is 8.55. The van der Waals surface area contributed by atoms with E-state index < -0.39 is 4.92 Å². The molecule has 0 atom stereocenters. The Morgan fingerprint density at radius 1 is 0.900 bits per heavy atom. The third-order valence-electron chi connectivity index (χ3n) is 4.39. The van der Waals surface area contributed by atoms with Crippen molar-refractivity contribution in [3.8, 4) is 28.5 Å². The van der Waals surface area contributed by atoms with Crippen molar-refractivity contribution in [1.82, 2.24) is 9.97 Å². The quantitative estimate of drug-likeness (QED) is 0.308. The molecular weight excluding hydrogens is 396 g/mol. The Morgan fingerprint density at radius 3 is 2.20 bits per heavy atom. The van der Waals surface area contributed by atoms with E-state index in [-0.39, 0.29) is 10.7 Å². The lowest BCUT2D eigenvalue weighted by Gasteiger charge is -2.12. The Hall–Kier alpha value is -4.02. The summed E-state index contributed by atoms with van der Waals surface area (Å²) < 4.78 is 0. The largest absolute Gasteiger partial charge is 0.301 e. The van der Waals surface area contributed by atoms with Crippen LogP contribution in [-0.2, 0) is 0 Å². The Balaban J connectivity index is 1.93. The van der Waals surface area contributed by atoms with Crippen LogP contribution in [-0.4, -0.2) is 14.9 Å². The minimum Gasteiger partial charge on any atom is -0.258 e. The minimum atomic E-state index is -0.486. The Kier molecular flexibility index (Phi) is 5.50. The monoisotopic (exact) mass is 410 g/mol. The smallest absolute Gasteiger partial charge is 0.258 e. The van der Waals surface area contributed by atoms with E-state index in [0.717, 1.165) is 22.9 Å². The first-order valence-electron chi connectivity index (χ1n) is 9.00. The molecule has 0 unspecified atom stereocenters. The lowest BCUT2D eigenvalue weighted by molar-refractivity contribution is -0.388. The highest BCUT2D eigenvalue weighted by Crippen LogP contribution is 2.38. The van der Waals surface area contributed by atoms with Gasteiger partial charge in [0.1, 0.15) is 11.1 Å². The second-order valence-corrected chi connectivity index (χ2v) is 7.24. The van der Waals surface area contributed by atoms with E-state index >= 15 is 0 Å². The first-order chi connectivity index (χ1) is 14.7. The standard InChI is InChI=1S/C23H14N4O2S/c24-15-19-18(16-8-3-1-4-9-16)14-20(17-10-5-2-6-11-17)26-22(19)30-23-21(27(28)29)12-7-13-25-23/h1-14H. The molecule has 0 fully saturated rings. The molecule has 0 aliphatic carbocycles. The molecule has 0 radical (unpaired) electrons. The van der Waals surface area contributed by atoms with Crippen LogP contribution in [0.25, 0.3) is 22.4 Å². The summed E-state index contributed by atoms with van der Waals surface area (Å²) in [4.78, 5) is 19.7. The summed E-state index contributed by atoms with van der Waals surface area (Å²) in [5.41, 5.74) is 3.37. The number of nitro groups is 1. The second-order valence-electron chi connectivity index (χ2n) is 6.27. The molecule has 7 heteroatoms. The van der Waals surface area contributed by atoms with E-state index in [2.05, 4.69) is 16.0 Å². The third-order valence-corrected chi connectivity index (χ3v) is 5.39. The third kappa shape index (κ3) is 3.90. The number of hydrogen-bond donors (Lipinski definition) is 0. The Morgan fingerprint density at radius 2 is 1.57 bits per heavy atom. The van der Waals surface area contributed by atoms with Gasteiger partial charge in [0.2, 0.25) is 0 Å². The number of nitrogens with zero attached hydrogens (tertiary/aromatic N) is 4. The summed E-state index contributed by atoms with van der Waals surface area (Å²) in [7, 11) is 0. The van der Waals surface area contributed by atoms with E-state index in [0.29, 0.717) is 21.8 Å². The summed E-state index contributed by atoms with van der Waals surface area (Å²) in [5.74, 6) is 0. The van der Waals surface area contributed by atoms with Gasteiger partial charge in [0, 0.05) is 23.4 Å². The molecule has 0 bridgehead atoms. The number of nitriles is 1. The molecule has 2 aromatic heterocycles. The lowest BCUT2D eigenvalue weighted by atomic mass is 9.99. The van der Waals surface area contributed by atoms with Crippen LogP contribution in [0.3, 0.4) is 0 Å². The fourth-order valence-electron chi connectivity index (χ4n) is 3.00. The summed E-state index contributed by atoms with van der Waals surface area (Å²) >= 11 is 1.03. The summed E-state index contributed by atoms with van der Waals surface area (Å²) in [5, 5.41) is 21.9. The first-order valence-corrected chi connectivity index (χ1v) is 9.82. The van der Waals surface area contributed by atoms with Gasteiger partial charge >= 0.3 is 5.69 Å². The molecule has 0 saturated carbocycles.